The van der Waals surface area contributed by atoms with E-state index in [4.69, 9.17) is 9.84 Å². The highest BCUT2D eigenvalue weighted by Crippen LogP contribution is 2.32. The van der Waals surface area contributed by atoms with E-state index >= 15 is 0 Å². The van der Waals surface area contributed by atoms with E-state index < -0.39 is 29.7 Å². The van der Waals surface area contributed by atoms with Gasteiger partial charge >= 0.3 is 5.69 Å². The van der Waals surface area contributed by atoms with Crippen molar-refractivity contribution in [2.24, 2.45) is 5.92 Å². The maximum absolute atomic E-state index is 11.6. The lowest BCUT2D eigenvalue weighted by Gasteiger charge is -2.17. The van der Waals surface area contributed by atoms with E-state index in [1.165, 1.54) is 16.8 Å². The minimum Gasteiger partial charge on any atom is -0.394 e. The second-order valence-corrected chi connectivity index (χ2v) is 4.11. The van der Waals surface area contributed by atoms with E-state index in [2.05, 4.69) is 4.98 Å². The van der Waals surface area contributed by atoms with E-state index in [9.17, 15) is 14.7 Å². The van der Waals surface area contributed by atoms with Crippen LogP contribution in [0.4, 0.5) is 0 Å². The molecule has 7 nitrogen and oxygen atoms in total. The fourth-order valence-corrected chi connectivity index (χ4v) is 1.99. The number of H-pyrrole nitrogens is 1. The first kappa shape index (κ1) is 12.0. The summed E-state index contributed by atoms with van der Waals surface area (Å²) >= 11 is 0. The fraction of sp³-hybridized carbons (Fsp3) is 0.600. The molecule has 1 fully saturated rings. The number of hydrogen-bond donors (Lipinski definition) is 3. The van der Waals surface area contributed by atoms with Gasteiger partial charge in [0.15, 0.2) is 0 Å². The van der Waals surface area contributed by atoms with Crippen LogP contribution in [0.15, 0.2) is 21.9 Å². The number of aromatic amines is 1. The van der Waals surface area contributed by atoms with Crippen molar-refractivity contribution in [1.29, 1.82) is 0 Å². The maximum Gasteiger partial charge on any atom is 0.330 e. The predicted octanol–water partition coefficient (Wildman–Crippen LogP) is -1.58. The summed E-state index contributed by atoms with van der Waals surface area (Å²) in [6.07, 6.45) is -0.932. The van der Waals surface area contributed by atoms with Crippen molar-refractivity contribution in [2.45, 2.75) is 25.4 Å². The molecular weight excluding hydrogens is 228 g/mol. The highest BCUT2D eigenvalue weighted by molar-refractivity contribution is 4.91. The quantitative estimate of drug-likeness (QED) is 0.580. The third-order valence-electron chi connectivity index (χ3n) is 2.99. The number of aromatic nitrogens is 2. The molecule has 1 unspecified atom stereocenters. The van der Waals surface area contributed by atoms with Crippen LogP contribution in [-0.2, 0) is 4.74 Å². The second kappa shape index (κ2) is 4.44. The zero-order valence-corrected chi connectivity index (χ0v) is 9.24. The van der Waals surface area contributed by atoms with Crippen LogP contribution in [0.2, 0.25) is 0 Å². The van der Waals surface area contributed by atoms with E-state index in [0.29, 0.717) is 0 Å². The first-order valence-electron chi connectivity index (χ1n) is 5.30. The van der Waals surface area contributed by atoms with Crippen LogP contribution in [0.25, 0.3) is 0 Å². The molecule has 94 valence electrons. The van der Waals surface area contributed by atoms with Gasteiger partial charge in [-0.2, -0.15) is 0 Å². The summed E-state index contributed by atoms with van der Waals surface area (Å²) in [5, 5.41) is 18.8. The van der Waals surface area contributed by atoms with Gasteiger partial charge in [0, 0.05) is 18.2 Å². The maximum atomic E-state index is 11.6. The Hall–Kier alpha value is -1.44. The molecule has 1 aliphatic rings. The predicted molar refractivity (Wildman–Crippen MR) is 57.5 cm³/mol. The Morgan fingerprint density at radius 3 is 2.76 bits per heavy atom. The fourth-order valence-electron chi connectivity index (χ4n) is 1.99. The average molecular weight is 242 g/mol. The molecule has 3 N–H and O–H groups in total. The average Bonchev–Trinajstić information content (AvgIpc) is 2.57. The molecule has 0 radical (unpaired) electrons. The van der Waals surface area contributed by atoms with Crippen molar-refractivity contribution in [3.05, 3.63) is 33.1 Å². The number of rotatable bonds is 2. The molecule has 1 aromatic rings. The molecule has 0 saturated carbocycles. The summed E-state index contributed by atoms with van der Waals surface area (Å²) < 4.78 is 6.58. The van der Waals surface area contributed by atoms with Crippen LogP contribution in [0, 0.1) is 5.92 Å². The van der Waals surface area contributed by atoms with Crippen LogP contribution in [-0.4, -0.2) is 38.6 Å². The Morgan fingerprint density at radius 2 is 2.24 bits per heavy atom. The lowest BCUT2D eigenvalue weighted by molar-refractivity contribution is -0.0477. The summed E-state index contributed by atoms with van der Waals surface area (Å²) in [5.41, 5.74) is -1.09. The van der Waals surface area contributed by atoms with Gasteiger partial charge in [-0.15, -0.1) is 0 Å². The first-order chi connectivity index (χ1) is 8.04. The van der Waals surface area contributed by atoms with E-state index in [1.54, 1.807) is 6.92 Å². The topological polar surface area (TPSA) is 105 Å². The molecule has 17 heavy (non-hydrogen) atoms. The lowest BCUT2D eigenvalue weighted by atomic mass is 10.0. The van der Waals surface area contributed by atoms with Gasteiger partial charge in [-0.05, 0) is 0 Å². The molecule has 1 saturated heterocycles. The van der Waals surface area contributed by atoms with Gasteiger partial charge in [-0.25, -0.2) is 4.79 Å². The van der Waals surface area contributed by atoms with E-state index in [-0.39, 0.29) is 12.5 Å². The molecule has 0 aromatic carbocycles. The van der Waals surface area contributed by atoms with Crippen LogP contribution in [0.3, 0.4) is 0 Å². The summed E-state index contributed by atoms with van der Waals surface area (Å²) in [7, 11) is 0. The number of aliphatic hydroxyl groups is 2. The number of aliphatic hydroxyl groups excluding tert-OH is 2. The smallest absolute Gasteiger partial charge is 0.330 e. The molecule has 4 atom stereocenters. The Balaban J connectivity index is 2.35. The van der Waals surface area contributed by atoms with Gasteiger partial charge in [0.05, 0.1) is 12.7 Å². The van der Waals surface area contributed by atoms with Gasteiger partial charge < -0.3 is 14.9 Å². The normalized spacial score (nSPS) is 32.9. The second-order valence-electron chi connectivity index (χ2n) is 4.11. The van der Waals surface area contributed by atoms with Gasteiger partial charge in [0.25, 0.3) is 5.56 Å². The zero-order valence-electron chi connectivity index (χ0n) is 9.24. The van der Waals surface area contributed by atoms with Crippen LogP contribution < -0.4 is 11.2 Å². The third kappa shape index (κ3) is 2.04. The van der Waals surface area contributed by atoms with Crippen LogP contribution in [0.1, 0.15) is 13.2 Å². The summed E-state index contributed by atoms with van der Waals surface area (Å²) in [6, 6.07) is 1.20. The summed E-state index contributed by atoms with van der Waals surface area (Å²) in [4.78, 5) is 24.6. The Labute approximate surface area is 96.3 Å². The van der Waals surface area contributed by atoms with Crippen molar-refractivity contribution < 1.29 is 14.9 Å². The monoisotopic (exact) mass is 242 g/mol. The van der Waals surface area contributed by atoms with Gasteiger partial charge in [-0.1, -0.05) is 6.92 Å². The Bertz CT molecular complexity index is 508. The standard InChI is InChI=1S/C10H14N2O5/c1-5-8(15)6(4-13)17-9(5)12-3-2-7(14)11-10(12)16/h2-3,5-6,8-9,13,15H,4H2,1H3,(H,11,14,16)/t5?,6-,8+,9-/m1/s1. The molecule has 7 heteroatoms. The number of hydrogen-bond acceptors (Lipinski definition) is 5. The SMILES string of the molecule is CC1[C@H](n2ccc(=O)[nH]c2=O)O[C@H](CO)[C@H]1O. The van der Waals surface area contributed by atoms with E-state index in [0.717, 1.165) is 0 Å². The molecule has 0 bridgehead atoms. The van der Waals surface area contributed by atoms with Crippen molar-refractivity contribution >= 4 is 0 Å². The highest BCUT2D eigenvalue weighted by Gasteiger charge is 2.41. The Morgan fingerprint density at radius 1 is 1.53 bits per heavy atom. The molecule has 1 aliphatic heterocycles. The molecule has 0 aliphatic carbocycles. The van der Waals surface area contributed by atoms with Crippen molar-refractivity contribution in [2.75, 3.05) is 6.61 Å². The molecule has 0 spiro atoms. The van der Waals surface area contributed by atoms with Crippen LogP contribution >= 0.6 is 0 Å². The minimum absolute atomic E-state index is 0.319. The molecular formula is C10H14N2O5. The molecule has 2 heterocycles. The minimum atomic E-state index is -0.844. The highest BCUT2D eigenvalue weighted by atomic mass is 16.5. The lowest BCUT2D eigenvalue weighted by Crippen LogP contribution is -2.33. The largest absolute Gasteiger partial charge is 0.394 e. The number of nitrogens with zero attached hydrogens (tertiary/aromatic N) is 1. The van der Waals surface area contributed by atoms with Gasteiger partial charge in [0.1, 0.15) is 12.3 Å². The third-order valence-corrected chi connectivity index (χ3v) is 2.99. The number of nitrogens with one attached hydrogen (secondary N) is 1. The molecule has 1 aromatic heterocycles. The summed E-state index contributed by atoms with van der Waals surface area (Å²) in [6.45, 7) is 1.39. The van der Waals surface area contributed by atoms with Gasteiger partial charge in [0.2, 0.25) is 0 Å². The first-order valence-corrected chi connectivity index (χ1v) is 5.30. The van der Waals surface area contributed by atoms with Crippen molar-refractivity contribution in [3.63, 3.8) is 0 Å². The zero-order chi connectivity index (χ0) is 12.6. The number of ether oxygens (including phenoxy) is 1. The van der Waals surface area contributed by atoms with Crippen LogP contribution in [0.5, 0.6) is 0 Å². The van der Waals surface area contributed by atoms with E-state index in [1.807, 2.05) is 0 Å². The summed E-state index contributed by atoms with van der Waals surface area (Å²) in [5.74, 6) is -0.351. The van der Waals surface area contributed by atoms with Crippen molar-refractivity contribution in [3.8, 4) is 0 Å². The van der Waals surface area contributed by atoms with Crippen molar-refractivity contribution in [1.82, 2.24) is 9.55 Å². The van der Waals surface area contributed by atoms with Gasteiger partial charge in [-0.3, -0.25) is 14.3 Å². The Kier molecular flexibility index (Phi) is 3.14. The molecule has 0 amide bonds. The molecule has 2 rings (SSSR count).